The molecule has 2 heteroatoms. The summed E-state index contributed by atoms with van der Waals surface area (Å²) in [7, 11) is 0. The summed E-state index contributed by atoms with van der Waals surface area (Å²) in [5, 5.41) is 0. The third-order valence-electron chi connectivity index (χ3n) is 12.6. The van der Waals surface area contributed by atoms with Gasteiger partial charge in [0, 0.05) is 36.9 Å². The zero-order chi connectivity index (χ0) is 39.0. The highest BCUT2D eigenvalue weighted by Gasteiger charge is 2.36. The molecule has 0 bridgehead atoms. The average Bonchev–Trinajstić information content (AvgIpc) is 3.44. The zero-order valence-electron chi connectivity index (χ0n) is 33.4. The van der Waals surface area contributed by atoms with Gasteiger partial charge in [0.25, 0.3) is 0 Å². The van der Waals surface area contributed by atoms with Crippen LogP contribution in [0.5, 0.6) is 0 Å². The van der Waals surface area contributed by atoms with Gasteiger partial charge in [0.05, 0.1) is 5.69 Å². The molecule has 280 valence electrons. The minimum absolute atomic E-state index is 0.106. The number of allylic oxidation sites excluding steroid dienone is 1. The largest absolute Gasteiger partial charge is 0.310 e. The van der Waals surface area contributed by atoms with Gasteiger partial charge in [-0.05, 0) is 128 Å². The molecule has 1 saturated carbocycles. The van der Waals surface area contributed by atoms with Crippen molar-refractivity contribution < 1.29 is 0 Å². The maximum absolute atomic E-state index is 6.20. The number of para-hydroxylation sites is 1. The number of nitrogens with zero attached hydrogens (tertiary/aromatic N) is 1. The third-order valence-corrected chi connectivity index (χ3v) is 13.5. The molecule has 2 atom stereocenters. The molecule has 0 saturated heterocycles. The van der Waals surface area contributed by atoms with Crippen molar-refractivity contribution in [2.45, 2.75) is 77.6 Å². The summed E-state index contributed by atoms with van der Waals surface area (Å²) < 4.78 is 1.23. The lowest BCUT2D eigenvalue weighted by molar-refractivity contribution is 0.283. The number of halogens is 1. The minimum Gasteiger partial charge on any atom is -0.310 e. The summed E-state index contributed by atoms with van der Waals surface area (Å²) in [5.74, 6) is 4.56. The van der Waals surface area contributed by atoms with Crippen molar-refractivity contribution in [2.24, 2.45) is 11.8 Å². The number of rotatable bonds is 9. The second-order valence-corrected chi connectivity index (χ2v) is 18.3. The summed E-state index contributed by atoms with van der Waals surface area (Å²) in [6.45, 7) is 11.8. The van der Waals surface area contributed by atoms with Crippen molar-refractivity contribution in [3.63, 3.8) is 0 Å². The first kappa shape index (κ1) is 38.0. The fraction of sp³-hybridized carbons (Fsp3) is 0.259. The molecule has 0 heterocycles. The predicted octanol–water partition coefficient (Wildman–Crippen LogP) is 15.3. The summed E-state index contributed by atoms with van der Waals surface area (Å²) >= 11 is 2.57. The van der Waals surface area contributed by atoms with Gasteiger partial charge in [0.15, 0.2) is 0 Å². The van der Waals surface area contributed by atoms with Crippen LogP contribution in [-0.4, -0.2) is 0 Å². The van der Waals surface area contributed by atoms with E-state index in [0.717, 1.165) is 35.0 Å². The molecule has 6 aromatic carbocycles. The van der Waals surface area contributed by atoms with Crippen LogP contribution in [0.1, 0.15) is 94.5 Å². The molecular formula is C54H52IN. The third kappa shape index (κ3) is 7.16. The molecule has 2 aliphatic rings. The Morgan fingerprint density at radius 1 is 0.750 bits per heavy atom. The molecule has 1 fully saturated rings. The summed E-state index contributed by atoms with van der Waals surface area (Å²) in [6.07, 6.45) is 14.7. The van der Waals surface area contributed by atoms with Crippen molar-refractivity contribution in [3.8, 4) is 34.6 Å². The molecule has 0 aliphatic heterocycles. The van der Waals surface area contributed by atoms with Crippen LogP contribution in [0.3, 0.4) is 0 Å². The summed E-state index contributed by atoms with van der Waals surface area (Å²) in [4.78, 5) is 2.46. The highest BCUT2D eigenvalue weighted by Crippen LogP contribution is 2.51. The Hall–Kier alpha value is -4.85. The van der Waals surface area contributed by atoms with Crippen LogP contribution in [0.4, 0.5) is 17.1 Å². The van der Waals surface area contributed by atoms with Crippen molar-refractivity contribution in [3.05, 3.63) is 176 Å². The van der Waals surface area contributed by atoms with Gasteiger partial charge in [-0.25, -0.2) is 0 Å². The Labute approximate surface area is 349 Å². The Kier molecular flexibility index (Phi) is 10.6. The van der Waals surface area contributed by atoms with Gasteiger partial charge < -0.3 is 4.90 Å². The molecule has 0 radical (unpaired) electrons. The van der Waals surface area contributed by atoms with Crippen LogP contribution in [0.15, 0.2) is 145 Å². The second-order valence-electron chi connectivity index (χ2n) is 17.2. The molecule has 56 heavy (non-hydrogen) atoms. The van der Waals surface area contributed by atoms with E-state index < -0.39 is 0 Å². The molecule has 6 aromatic rings. The van der Waals surface area contributed by atoms with E-state index in [-0.39, 0.29) is 10.8 Å². The quantitative estimate of drug-likeness (QED) is 0.104. The highest BCUT2D eigenvalue weighted by atomic mass is 127. The summed E-state index contributed by atoms with van der Waals surface area (Å²) in [6, 6.07) is 51.5. The lowest BCUT2D eigenvalue weighted by Gasteiger charge is -2.32. The first-order chi connectivity index (χ1) is 27.1. The van der Waals surface area contributed by atoms with Gasteiger partial charge in [-0.3, -0.25) is 0 Å². The Morgan fingerprint density at radius 2 is 1.41 bits per heavy atom. The molecule has 1 nitrogen and oxygen atoms in total. The van der Waals surface area contributed by atoms with Gasteiger partial charge in [-0.15, -0.1) is 6.42 Å². The number of fused-ring (bicyclic) bond motifs is 3. The Morgan fingerprint density at radius 3 is 2.18 bits per heavy atom. The Bertz CT molecular complexity index is 2460. The van der Waals surface area contributed by atoms with E-state index in [1.165, 1.54) is 79.3 Å². The topological polar surface area (TPSA) is 3.24 Å². The van der Waals surface area contributed by atoms with Gasteiger partial charge in [-0.2, -0.15) is 0 Å². The lowest BCUT2D eigenvalue weighted by atomic mass is 9.75. The molecular weight excluding hydrogens is 790 g/mol. The normalized spacial score (nSPS) is 17.5. The SMILES string of the molecule is C#C/C(=C/c1ccccc1C(C)(C)c1ccc(N(c2ccc3c(c2)C(C)(C)c2ccccc2-3)c2ccccc2-c2ccccc2)cc1I)CC1CCC[C@H](C)C1. The standard InChI is InChI=1S/C54H52IN/c1-7-38(33-39-19-17-18-37(2)32-39)34-41-22-11-14-25-47(41)53(3,4)49-31-29-43(36-51(49)55)56(52-27-16-13-23-44(52)40-20-9-8-10-21-40)42-28-30-46-45-24-12-15-26-48(45)54(5,6)50(46)35-42/h1,8-16,20-31,34-37,39H,17-19,32-33H2,2-6H3/b38-34-/t37-,39?/m0/s1. The fourth-order valence-corrected chi connectivity index (χ4v) is 10.9. The van der Waals surface area contributed by atoms with Crippen LogP contribution in [-0.2, 0) is 10.8 Å². The van der Waals surface area contributed by atoms with Crippen LogP contribution in [0, 0.1) is 27.7 Å². The van der Waals surface area contributed by atoms with Crippen molar-refractivity contribution in [1.29, 1.82) is 0 Å². The van der Waals surface area contributed by atoms with E-state index in [9.17, 15) is 0 Å². The van der Waals surface area contributed by atoms with Crippen LogP contribution < -0.4 is 4.90 Å². The van der Waals surface area contributed by atoms with Gasteiger partial charge >= 0.3 is 0 Å². The smallest absolute Gasteiger partial charge is 0.0540 e. The monoisotopic (exact) mass is 841 g/mol. The van der Waals surface area contributed by atoms with E-state index in [0.29, 0.717) is 5.92 Å². The van der Waals surface area contributed by atoms with Crippen LogP contribution in [0.25, 0.3) is 28.3 Å². The van der Waals surface area contributed by atoms with E-state index >= 15 is 0 Å². The maximum atomic E-state index is 6.20. The second kappa shape index (κ2) is 15.6. The van der Waals surface area contributed by atoms with Gasteiger partial charge in [0.1, 0.15) is 0 Å². The average molecular weight is 842 g/mol. The molecule has 0 amide bonds. The molecule has 0 N–H and O–H groups in total. The van der Waals surface area contributed by atoms with E-state index in [1.807, 2.05) is 0 Å². The lowest BCUT2D eigenvalue weighted by Crippen LogP contribution is -2.22. The van der Waals surface area contributed by atoms with E-state index in [4.69, 9.17) is 6.42 Å². The number of hydrogen-bond donors (Lipinski definition) is 0. The number of terminal acetylenes is 1. The van der Waals surface area contributed by atoms with Crippen LogP contribution in [0.2, 0.25) is 0 Å². The van der Waals surface area contributed by atoms with Crippen molar-refractivity contribution in [1.82, 2.24) is 0 Å². The number of benzene rings is 6. The highest BCUT2D eigenvalue weighted by molar-refractivity contribution is 14.1. The molecule has 2 aliphatic carbocycles. The van der Waals surface area contributed by atoms with Crippen molar-refractivity contribution in [2.75, 3.05) is 4.90 Å². The molecule has 0 spiro atoms. The van der Waals surface area contributed by atoms with Gasteiger partial charge in [0.2, 0.25) is 0 Å². The van der Waals surface area contributed by atoms with Crippen LogP contribution >= 0.6 is 22.6 Å². The minimum atomic E-state index is -0.267. The van der Waals surface area contributed by atoms with E-state index in [2.05, 4.69) is 214 Å². The first-order valence-electron chi connectivity index (χ1n) is 20.3. The Balaban J connectivity index is 1.22. The number of hydrogen-bond acceptors (Lipinski definition) is 1. The fourth-order valence-electron chi connectivity index (χ4n) is 9.68. The van der Waals surface area contributed by atoms with E-state index in [1.54, 1.807) is 0 Å². The van der Waals surface area contributed by atoms with Gasteiger partial charge in [-0.1, -0.05) is 169 Å². The maximum Gasteiger partial charge on any atom is 0.0540 e. The molecule has 8 rings (SSSR count). The molecule has 1 unspecified atom stereocenters. The zero-order valence-corrected chi connectivity index (χ0v) is 35.6. The summed E-state index contributed by atoms with van der Waals surface area (Å²) in [5.41, 5.74) is 15.8. The first-order valence-corrected chi connectivity index (χ1v) is 21.4. The van der Waals surface area contributed by atoms with Crippen molar-refractivity contribution >= 4 is 45.7 Å². The predicted molar refractivity (Wildman–Crippen MR) is 248 cm³/mol. The molecule has 0 aromatic heterocycles. The number of anilines is 3.